The lowest BCUT2D eigenvalue weighted by molar-refractivity contribution is -0.104. The van der Waals surface area contributed by atoms with Crippen LogP contribution in [0.5, 0.6) is 0 Å². The van der Waals surface area contributed by atoms with E-state index in [0.29, 0.717) is 18.2 Å². The van der Waals surface area contributed by atoms with Crippen LogP contribution in [0.2, 0.25) is 0 Å². The van der Waals surface area contributed by atoms with Gasteiger partial charge in [0.2, 0.25) is 5.78 Å². The van der Waals surface area contributed by atoms with Gasteiger partial charge in [0, 0.05) is 32.3 Å². The molecule has 5 nitrogen and oxygen atoms in total. The molecule has 1 aromatic rings. The minimum absolute atomic E-state index is 0.170. The zero-order valence-electron chi connectivity index (χ0n) is 19.0. The molecule has 0 radical (unpaired) electrons. The Kier molecular flexibility index (Phi) is 7.13. The molecule has 162 valence electrons. The van der Waals surface area contributed by atoms with Crippen molar-refractivity contribution in [2.75, 3.05) is 39.8 Å². The third-order valence-electron chi connectivity index (χ3n) is 6.60. The first-order valence-corrected chi connectivity index (χ1v) is 11.3. The largest absolute Gasteiger partial charge is 0.375 e. The Morgan fingerprint density at radius 2 is 2.17 bits per heavy atom. The molecule has 5 heteroatoms. The summed E-state index contributed by atoms with van der Waals surface area (Å²) in [5, 5.41) is 0. The predicted octanol–water partition coefficient (Wildman–Crippen LogP) is 3.89. The Hall–Kier alpha value is -1.30. The average Bonchev–Trinajstić information content (AvgIpc) is 3.14. The summed E-state index contributed by atoms with van der Waals surface area (Å²) >= 11 is 0. The monoisotopic (exact) mass is 401 g/mol. The van der Waals surface area contributed by atoms with Gasteiger partial charge < -0.3 is 9.64 Å². The van der Waals surface area contributed by atoms with Crippen molar-refractivity contribution in [3.05, 3.63) is 30.1 Å². The quantitative estimate of drug-likeness (QED) is 0.619. The molecule has 1 aromatic heterocycles. The van der Waals surface area contributed by atoms with Crippen molar-refractivity contribution in [1.82, 2.24) is 14.8 Å². The molecule has 3 rings (SSSR count). The standard InChI is InChI=1S/C24H39N3O2/c1-19(2)9-13-26(5)16-20-10-14-27(17-20)24(11-15-29-23(3,4)18-24)22(28)21-8-6-7-12-25-21/h6-8,12,19-20H,9-11,13-18H2,1-5H3/t20-,24-/m0/s1. The van der Waals surface area contributed by atoms with Gasteiger partial charge in [0.25, 0.3) is 0 Å². The number of pyridine rings is 1. The van der Waals surface area contributed by atoms with Gasteiger partial charge in [-0.25, -0.2) is 0 Å². The number of carbonyl (C=O) groups excluding carboxylic acids is 1. The number of ether oxygens (including phenoxy) is 1. The Balaban J connectivity index is 1.75. The molecule has 2 aliphatic heterocycles. The van der Waals surface area contributed by atoms with Crippen LogP contribution < -0.4 is 0 Å². The van der Waals surface area contributed by atoms with Gasteiger partial charge in [-0.2, -0.15) is 0 Å². The molecule has 0 spiro atoms. The fourth-order valence-corrected chi connectivity index (χ4v) is 5.06. The van der Waals surface area contributed by atoms with Gasteiger partial charge in [-0.3, -0.25) is 14.7 Å². The molecule has 3 heterocycles. The molecule has 2 atom stereocenters. The van der Waals surface area contributed by atoms with Crippen molar-refractivity contribution in [3.8, 4) is 0 Å². The Bertz CT molecular complexity index is 676. The number of carbonyl (C=O) groups is 1. The SMILES string of the molecule is CC(C)CCN(C)C[C@@H]1CCN([C@@]2(C(=O)c3ccccn3)CCOC(C)(C)C2)C1. The fourth-order valence-electron chi connectivity index (χ4n) is 5.06. The van der Waals surface area contributed by atoms with Crippen LogP contribution in [0.15, 0.2) is 24.4 Å². The number of likely N-dealkylation sites (tertiary alicyclic amines) is 1. The average molecular weight is 402 g/mol. The van der Waals surface area contributed by atoms with Crippen molar-refractivity contribution in [2.45, 2.75) is 64.5 Å². The topological polar surface area (TPSA) is 45.7 Å². The highest BCUT2D eigenvalue weighted by Gasteiger charge is 2.52. The van der Waals surface area contributed by atoms with Crippen molar-refractivity contribution in [1.29, 1.82) is 0 Å². The van der Waals surface area contributed by atoms with Crippen LogP contribution in [0.25, 0.3) is 0 Å². The van der Waals surface area contributed by atoms with Crippen LogP contribution in [0.3, 0.4) is 0 Å². The van der Waals surface area contributed by atoms with Crippen molar-refractivity contribution < 1.29 is 9.53 Å². The van der Waals surface area contributed by atoms with Crippen LogP contribution in [0, 0.1) is 11.8 Å². The minimum Gasteiger partial charge on any atom is -0.375 e. The first-order valence-electron chi connectivity index (χ1n) is 11.3. The van der Waals surface area contributed by atoms with Gasteiger partial charge in [-0.1, -0.05) is 19.9 Å². The molecule has 2 saturated heterocycles. The molecule has 0 saturated carbocycles. The maximum Gasteiger partial charge on any atom is 0.201 e. The van der Waals surface area contributed by atoms with Gasteiger partial charge in [0.05, 0.1) is 11.1 Å². The summed E-state index contributed by atoms with van der Waals surface area (Å²) < 4.78 is 6.00. The van der Waals surface area contributed by atoms with Crippen LogP contribution >= 0.6 is 0 Å². The summed E-state index contributed by atoms with van der Waals surface area (Å²) in [6.45, 7) is 13.6. The Morgan fingerprint density at radius 3 is 2.83 bits per heavy atom. The van der Waals surface area contributed by atoms with E-state index in [9.17, 15) is 4.79 Å². The van der Waals surface area contributed by atoms with Gasteiger partial charge in [-0.05, 0) is 77.2 Å². The maximum atomic E-state index is 13.7. The summed E-state index contributed by atoms with van der Waals surface area (Å²) in [6, 6.07) is 5.64. The van der Waals surface area contributed by atoms with Crippen LogP contribution in [-0.4, -0.2) is 71.5 Å². The molecular weight excluding hydrogens is 362 g/mol. The zero-order chi connectivity index (χ0) is 21.1. The van der Waals surface area contributed by atoms with Gasteiger partial charge in [0.1, 0.15) is 5.69 Å². The number of nitrogens with zero attached hydrogens (tertiary/aromatic N) is 3. The van der Waals surface area contributed by atoms with Gasteiger partial charge in [0.15, 0.2) is 0 Å². The summed E-state index contributed by atoms with van der Waals surface area (Å²) in [7, 11) is 2.23. The molecule has 0 bridgehead atoms. The normalized spacial score (nSPS) is 27.6. The third-order valence-corrected chi connectivity index (χ3v) is 6.60. The number of ketones is 1. The molecule has 0 amide bonds. The van der Waals surface area contributed by atoms with E-state index >= 15 is 0 Å². The third kappa shape index (κ3) is 5.44. The van der Waals surface area contributed by atoms with Crippen molar-refractivity contribution in [3.63, 3.8) is 0 Å². The maximum absolute atomic E-state index is 13.7. The number of Topliss-reactive ketones (excluding diaryl/α,β-unsaturated/α-hetero) is 1. The molecular formula is C24H39N3O2. The van der Waals surface area contributed by atoms with Crippen molar-refractivity contribution in [2.24, 2.45) is 11.8 Å². The summed E-state index contributed by atoms with van der Waals surface area (Å²) in [4.78, 5) is 23.1. The lowest BCUT2D eigenvalue weighted by Crippen LogP contribution is -2.60. The molecule has 2 fully saturated rings. The molecule has 0 unspecified atom stereocenters. The molecule has 0 N–H and O–H groups in total. The number of aromatic nitrogens is 1. The number of rotatable bonds is 8. The highest BCUT2D eigenvalue weighted by molar-refractivity contribution is 6.02. The highest BCUT2D eigenvalue weighted by Crippen LogP contribution is 2.41. The van der Waals surface area contributed by atoms with Crippen LogP contribution in [-0.2, 0) is 4.74 Å². The second-order valence-electron chi connectivity index (χ2n) is 10.2. The first kappa shape index (κ1) is 22.4. The second kappa shape index (κ2) is 9.23. The van der Waals surface area contributed by atoms with E-state index in [-0.39, 0.29) is 11.4 Å². The summed E-state index contributed by atoms with van der Waals surface area (Å²) in [5.74, 6) is 1.52. The van der Waals surface area contributed by atoms with Crippen LogP contribution in [0.4, 0.5) is 0 Å². The Labute approximate surface area is 176 Å². The van der Waals surface area contributed by atoms with E-state index in [0.717, 1.165) is 51.4 Å². The smallest absolute Gasteiger partial charge is 0.201 e. The summed E-state index contributed by atoms with van der Waals surface area (Å²) in [5.41, 5.74) is -0.210. The number of hydrogen-bond donors (Lipinski definition) is 0. The van der Waals surface area contributed by atoms with Gasteiger partial charge in [-0.15, -0.1) is 0 Å². The van der Waals surface area contributed by atoms with E-state index in [1.54, 1.807) is 6.20 Å². The van der Waals surface area contributed by atoms with Crippen molar-refractivity contribution >= 4 is 5.78 Å². The minimum atomic E-state index is -0.499. The lowest BCUT2D eigenvalue weighted by Gasteiger charge is -2.48. The fraction of sp³-hybridized carbons (Fsp3) is 0.750. The second-order valence-corrected chi connectivity index (χ2v) is 10.2. The highest BCUT2D eigenvalue weighted by atomic mass is 16.5. The lowest BCUT2D eigenvalue weighted by atomic mass is 9.76. The van der Waals surface area contributed by atoms with E-state index in [1.807, 2.05) is 18.2 Å². The molecule has 0 aliphatic carbocycles. The molecule has 29 heavy (non-hydrogen) atoms. The van der Waals surface area contributed by atoms with Gasteiger partial charge >= 0.3 is 0 Å². The molecule has 0 aromatic carbocycles. The zero-order valence-corrected chi connectivity index (χ0v) is 19.0. The number of hydrogen-bond acceptors (Lipinski definition) is 5. The van der Waals surface area contributed by atoms with E-state index < -0.39 is 5.54 Å². The molecule has 2 aliphatic rings. The van der Waals surface area contributed by atoms with E-state index in [1.165, 1.54) is 6.42 Å². The van der Waals surface area contributed by atoms with E-state index in [2.05, 4.69) is 49.5 Å². The summed E-state index contributed by atoms with van der Waals surface area (Å²) in [6.07, 6.45) is 5.60. The van der Waals surface area contributed by atoms with Crippen LogP contribution in [0.1, 0.15) is 63.9 Å². The first-order chi connectivity index (χ1) is 13.7. The van der Waals surface area contributed by atoms with E-state index in [4.69, 9.17) is 4.74 Å². The Morgan fingerprint density at radius 1 is 1.38 bits per heavy atom. The predicted molar refractivity (Wildman–Crippen MR) is 117 cm³/mol.